The zero-order valence-corrected chi connectivity index (χ0v) is 15.2. The number of para-hydroxylation sites is 1. The fourth-order valence-electron chi connectivity index (χ4n) is 2.78. The minimum absolute atomic E-state index is 0.00352. The molecule has 1 aromatic heterocycles. The predicted octanol–water partition coefficient (Wildman–Crippen LogP) is 3.02. The van der Waals surface area contributed by atoms with Gasteiger partial charge in [0.25, 0.3) is 0 Å². The summed E-state index contributed by atoms with van der Waals surface area (Å²) in [5, 5.41) is 7.54. The van der Waals surface area contributed by atoms with Gasteiger partial charge in [0.05, 0.1) is 19.2 Å². The quantitative estimate of drug-likeness (QED) is 0.849. The van der Waals surface area contributed by atoms with Crippen LogP contribution < -0.4 is 10.1 Å². The summed E-state index contributed by atoms with van der Waals surface area (Å²) in [4.78, 5) is 12.3. The SMILES string of the molecule is COc1ccccc1CNC(=O)Cc1c(C)nn(CC(C)C)c1C. The van der Waals surface area contributed by atoms with E-state index in [1.807, 2.05) is 42.8 Å². The molecule has 0 spiro atoms. The molecule has 1 amide bonds. The van der Waals surface area contributed by atoms with Crippen LogP contribution in [0.4, 0.5) is 0 Å². The summed E-state index contributed by atoms with van der Waals surface area (Å²) >= 11 is 0. The van der Waals surface area contributed by atoms with Crippen LogP contribution in [0.15, 0.2) is 24.3 Å². The first kappa shape index (κ1) is 18.0. The van der Waals surface area contributed by atoms with Crippen LogP contribution in [0.25, 0.3) is 0 Å². The number of carbonyl (C=O) groups is 1. The van der Waals surface area contributed by atoms with Crippen LogP contribution in [0.3, 0.4) is 0 Å². The first-order valence-electron chi connectivity index (χ1n) is 8.33. The predicted molar refractivity (Wildman–Crippen MR) is 95.1 cm³/mol. The average Bonchev–Trinajstić information content (AvgIpc) is 2.80. The Labute approximate surface area is 144 Å². The Balaban J connectivity index is 2.01. The summed E-state index contributed by atoms with van der Waals surface area (Å²) in [5.74, 6) is 1.31. The lowest BCUT2D eigenvalue weighted by atomic mass is 10.1. The Morgan fingerprint density at radius 2 is 2.00 bits per heavy atom. The van der Waals surface area contributed by atoms with Gasteiger partial charge in [-0.3, -0.25) is 9.48 Å². The first-order chi connectivity index (χ1) is 11.4. The molecule has 0 atom stereocenters. The highest BCUT2D eigenvalue weighted by molar-refractivity contribution is 5.79. The molecule has 0 aliphatic carbocycles. The molecule has 0 fully saturated rings. The minimum Gasteiger partial charge on any atom is -0.496 e. The fourth-order valence-corrected chi connectivity index (χ4v) is 2.78. The molecule has 5 nitrogen and oxygen atoms in total. The number of carbonyl (C=O) groups excluding carboxylic acids is 1. The molecule has 0 aliphatic rings. The number of hydrogen-bond donors (Lipinski definition) is 1. The van der Waals surface area contributed by atoms with Gasteiger partial charge in [-0.25, -0.2) is 0 Å². The van der Waals surface area contributed by atoms with Gasteiger partial charge in [-0.05, 0) is 25.8 Å². The standard InChI is InChI=1S/C19H27N3O2/c1-13(2)12-22-15(4)17(14(3)21-22)10-19(23)20-11-16-8-6-7-9-18(16)24-5/h6-9,13H,10-12H2,1-5H3,(H,20,23). The van der Waals surface area contributed by atoms with Crippen LogP contribution in [0, 0.1) is 19.8 Å². The Morgan fingerprint density at radius 3 is 2.67 bits per heavy atom. The maximum atomic E-state index is 12.3. The highest BCUT2D eigenvalue weighted by Gasteiger charge is 2.15. The summed E-state index contributed by atoms with van der Waals surface area (Å²) in [6.07, 6.45) is 0.352. The number of hydrogen-bond acceptors (Lipinski definition) is 3. The Kier molecular flexibility index (Phi) is 6.01. The number of nitrogens with zero attached hydrogens (tertiary/aromatic N) is 2. The number of ether oxygens (including phenoxy) is 1. The fraction of sp³-hybridized carbons (Fsp3) is 0.474. The van der Waals surface area contributed by atoms with Gasteiger partial charge in [0.15, 0.2) is 0 Å². The van der Waals surface area contributed by atoms with E-state index in [0.717, 1.165) is 34.8 Å². The highest BCUT2D eigenvalue weighted by Crippen LogP contribution is 2.18. The molecule has 1 aromatic carbocycles. The molecule has 0 bridgehead atoms. The second kappa shape index (κ2) is 7.99. The number of aromatic nitrogens is 2. The molecule has 5 heteroatoms. The smallest absolute Gasteiger partial charge is 0.224 e. The second-order valence-electron chi connectivity index (χ2n) is 6.49. The van der Waals surface area contributed by atoms with Crippen molar-refractivity contribution in [3.8, 4) is 5.75 Å². The van der Waals surface area contributed by atoms with Crippen molar-refractivity contribution in [1.82, 2.24) is 15.1 Å². The normalized spacial score (nSPS) is 10.9. The Hall–Kier alpha value is -2.30. The maximum Gasteiger partial charge on any atom is 0.224 e. The van der Waals surface area contributed by atoms with Crippen molar-refractivity contribution in [2.24, 2.45) is 5.92 Å². The van der Waals surface area contributed by atoms with Gasteiger partial charge in [-0.1, -0.05) is 32.0 Å². The van der Waals surface area contributed by atoms with Crippen molar-refractivity contribution in [3.63, 3.8) is 0 Å². The molecule has 2 aromatic rings. The van der Waals surface area contributed by atoms with Crippen molar-refractivity contribution < 1.29 is 9.53 Å². The van der Waals surface area contributed by atoms with Gasteiger partial charge in [-0.2, -0.15) is 5.10 Å². The molecular weight excluding hydrogens is 302 g/mol. The largest absolute Gasteiger partial charge is 0.496 e. The van der Waals surface area contributed by atoms with E-state index in [0.29, 0.717) is 18.9 Å². The van der Waals surface area contributed by atoms with Crippen LogP contribution in [-0.4, -0.2) is 22.8 Å². The van der Waals surface area contributed by atoms with Gasteiger partial charge < -0.3 is 10.1 Å². The molecule has 0 unspecified atom stereocenters. The van der Waals surface area contributed by atoms with E-state index < -0.39 is 0 Å². The molecule has 130 valence electrons. The van der Waals surface area contributed by atoms with Crippen molar-refractivity contribution in [2.75, 3.05) is 7.11 Å². The summed E-state index contributed by atoms with van der Waals surface area (Å²) in [6.45, 7) is 9.65. The van der Waals surface area contributed by atoms with Crippen LogP contribution in [0.5, 0.6) is 5.75 Å². The number of benzene rings is 1. The Bertz CT molecular complexity index is 705. The van der Waals surface area contributed by atoms with E-state index in [-0.39, 0.29) is 5.91 Å². The van der Waals surface area contributed by atoms with Crippen LogP contribution in [-0.2, 0) is 24.3 Å². The van der Waals surface area contributed by atoms with E-state index in [4.69, 9.17) is 4.74 Å². The number of nitrogens with one attached hydrogen (secondary N) is 1. The second-order valence-corrected chi connectivity index (χ2v) is 6.49. The number of rotatable bonds is 7. The van der Waals surface area contributed by atoms with E-state index >= 15 is 0 Å². The molecule has 0 saturated heterocycles. The minimum atomic E-state index is -0.00352. The molecule has 24 heavy (non-hydrogen) atoms. The van der Waals surface area contributed by atoms with Crippen molar-refractivity contribution in [1.29, 1.82) is 0 Å². The van der Waals surface area contributed by atoms with Gasteiger partial charge in [0, 0.05) is 29.9 Å². The van der Waals surface area contributed by atoms with Crippen molar-refractivity contribution >= 4 is 5.91 Å². The van der Waals surface area contributed by atoms with E-state index in [9.17, 15) is 4.79 Å². The van der Waals surface area contributed by atoms with Gasteiger partial charge in [-0.15, -0.1) is 0 Å². The molecule has 0 saturated carbocycles. The third-order valence-electron chi connectivity index (χ3n) is 4.08. The third kappa shape index (κ3) is 4.37. The first-order valence-corrected chi connectivity index (χ1v) is 8.33. The lowest BCUT2D eigenvalue weighted by Gasteiger charge is -2.10. The van der Waals surface area contributed by atoms with Crippen LogP contribution in [0.2, 0.25) is 0 Å². The number of aryl methyl sites for hydroxylation is 1. The van der Waals surface area contributed by atoms with E-state index in [1.54, 1.807) is 7.11 Å². The maximum absolute atomic E-state index is 12.3. The third-order valence-corrected chi connectivity index (χ3v) is 4.08. The molecule has 1 heterocycles. The van der Waals surface area contributed by atoms with Crippen LogP contribution in [0.1, 0.15) is 36.4 Å². The van der Waals surface area contributed by atoms with E-state index in [2.05, 4.69) is 24.3 Å². The summed E-state index contributed by atoms with van der Waals surface area (Å²) < 4.78 is 7.31. The van der Waals surface area contributed by atoms with E-state index in [1.165, 1.54) is 0 Å². The number of amides is 1. The molecular formula is C19H27N3O2. The van der Waals surface area contributed by atoms with Crippen LogP contribution >= 0.6 is 0 Å². The summed E-state index contributed by atoms with van der Waals surface area (Å²) in [5.41, 5.74) is 4.00. The zero-order valence-electron chi connectivity index (χ0n) is 15.2. The zero-order chi connectivity index (χ0) is 17.7. The topological polar surface area (TPSA) is 56.1 Å². The van der Waals surface area contributed by atoms with Gasteiger partial charge in [0.2, 0.25) is 5.91 Å². The van der Waals surface area contributed by atoms with Gasteiger partial charge >= 0.3 is 0 Å². The lowest BCUT2D eigenvalue weighted by Crippen LogP contribution is -2.25. The lowest BCUT2D eigenvalue weighted by molar-refractivity contribution is -0.120. The number of methoxy groups -OCH3 is 1. The average molecular weight is 329 g/mol. The summed E-state index contributed by atoms with van der Waals surface area (Å²) in [6, 6.07) is 7.70. The molecule has 0 aliphatic heterocycles. The highest BCUT2D eigenvalue weighted by atomic mass is 16.5. The molecule has 1 N–H and O–H groups in total. The molecule has 0 radical (unpaired) electrons. The Morgan fingerprint density at radius 1 is 1.29 bits per heavy atom. The summed E-state index contributed by atoms with van der Waals surface area (Å²) in [7, 11) is 1.64. The molecule has 2 rings (SSSR count). The monoisotopic (exact) mass is 329 g/mol. The van der Waals surface area contributed by atoms with Crippen molar-refractivity contribution in [2.45, 2.75) is 47.2 Å². The van der Waals surface area contributed by atoms with Gasteiger partial charge in [0.1, 0.15) is 5.75 Å². The van der Waals surface area contributed by atoms with Crippen molar-refractivity contribution in [3.05, 3.63) is 46.8 Å².